The average molecular weight is 551 g/mol. The molecule has 1 spiro atoms. The molecule has 12 heteroatoms. The fraction of sp³-hybridized carbons (Fsp3) is 0.407. The number of amides is 1. The number of hydrogen-bond donors (Lipinski definition) is 3. The Hall–Kier alpha value is -3.77. The second-order valence-electron chi connectivity index (χ2n) is 10.8. The van der Waals surface area contributed by atoms with E-state index in [2.05, 4.69) is 26.0 Å². The lowest BCUT2D eigenvalue weighted by atomic mass is 9.64. The highest BCUT2D eigenvalue weighted by Crippen LogP contribution is 2.55. The van der Waals surface area contributed by atoms with Gasteiger partial charge in [-0.1, -0.05) is 12.5 Å². The molecule has 39 heavy (non-hydrogen) atoms. The summed E-state index contributed by atoms with van der Waals surface area (Å²) in [6, 6.07) is 8.75. The quantitative estimate of drug-likeness (QED) is 0.417. The number of nitrogens with zero attached hydrogens (tertiary/aromatic N) is 4. The largest absolute Gasteiger partial charge is 0.483 e. The van der Waals surface area contributed by atoms with E-state index in [4.69, 9.17) is 14.9 Å². The fourth-order valence-electron chi connectivity index (χ4n) is 6.48. The Morgan fingerprint density at radius 3 is 2.44 bits per heavy atom. The van der Waals surface area contributed by atoms with Crippen LogP contribution in [-0.2, 0) is 25.0 Å². The van der Waals surface area contributed by atoms with Gasteiger partial charge in [0.05, 0.1) is 34.8 Å². The summed E-state index contributed by atoms with van der Waals surface area (Å²) in [5, 5.41) is 11.4. The van der Waals surface area contributed by atoms with Crippen LogP contribution >= 0.6 is 0 Å². The third-order valence-corrected chi connectivity index (χ3v) is 8.92. The van der Waals surface area contributed by atoms with Crippen LogP contribution in [0.2, 0.25) is 0 Å². The van der Waals surface area contributed by atoms with E-state index in [0.29, 0.717) is 23.6 Å². The van der Waals surface area contributed by atoms with Crippen molar-refractivity contribution < 1.29 is 23.1 Å². The van der Waals surface area contributed by atoms with Crippen LogP contribution in [0.3, 0.4) is 0 Å². The SMILES string of the molecule is CN1C(=O)C2(CCC2)c2c1cnc1ccc(-c3cnc(N4CC5CC(C4)N5)c(NS(C)(=O)=O)c3)cc21.O=CO. The van der Waals surface area contributed by atoms with Gasteiger partial charge >= 0.3 is 0 Å². The monoisotopic (exact) mass is 550 g/mol. The smallest absolute Gasteiger partial charge is 0.290 e. The number of hydrogen-bond acceptors (Lipinski definition) is 8. The number of nitrogens with one attached hydrogen (secondary N) is 2. The molecule has 5 aliphatic rings. The molecule has 1 amide bonds. The topological polar surface area (TPSA) is 145 Å². The number of aromatic nitrogens is 2. The standard InChI is InChI=1S/C26H28N6O3S.CH2O2/c1-31-22-12-27-20-5-4-15(8-19(20)23(22)26(25(31)33)6-3-7-26)16-9-21(30-36(2,34)35)24(28-11-16)32-13-17-10-18(14-32)29-17;2-1-3/h4-5,8-9,11-12,17-18,29-30H,3,6-7,10,13-14H2,1-2H3;1H,(H,2,3). The summed E-state index contributed by atoms with van der Waals surface area (Å²) in [6.45, 7) is 1.36. The van der Waals surface area contributed by atoms with Crippen molar-refractivity contribution in [3.8, 4) is 11.1 Å². The first-order valence-electron chi connectivity index (χ1n) is 12.9. The van der Waals surface area contributed by atoms with Gasteiger partial charge in [-0.05, 0) is 43.0 Å². The molecule has 4 aliphatic heterocycles. The zero-order chi connectivity index (χ0) is 27.5. The highest BCUT2D eigenvalue weighted by atomic mass is 32.2. The number of rotatable bonds is 4. The van der Waals surface area contributed by atoms with Gasteiger partial charge in [0, 0.05) is 54.9 Å². The van der Waals surface area contributed by atoms with Gasteiger partial charge in [0.2, 0.25) is 15.9 Å². The number of piperidine rings is 1. The van der Waals surface area contributed by atoms with Crippen molar-refractivity contribution >= 4 is 50.5 Å². The Bertz CT molecular complexity index is 1590. The van der Waals surface area contributed by atoms with Gasteiger partial charge in [-0.15, -0.1) is 0 Å². The number of carbonyl (C=O) groups is 2. The molecule has 3 N–H and O–H groups in total. The lowest BCUT2D eigenvalue weighted by Crippen LogP contribution is -2.67. The highest BCUT2D eigenvalue weighted by Gasteiger charge is 2.54. The Balaban J connectivity index is 0.000000883. The summed E-state index contributed by atoms with van der Waals surface area (Å²) in [4.78, 5) is 34.8. The van der Waals surface area contributed by atoms with E-state index in [1.165, 1.54) is 0 Å². The van der Waals surface area contributed by atoms with Crippen molar-refractivity contribution in [2.75, 3.05) is 40.9 Å². The van der Waals surface area contributed by atoms with Gasteiger partial charge < -0.3 is 20.2 Å². The van der Waals surface area contributed by atoms with E-state index in [-0.39, 0.29) is 12.4 Å². The molecule has 3 aromatic rings. The molecule has 2 aromatic heterocycles. The number of piperazine rings is 1. The molecule has 4 fully saturated rings. The summed E-state index contributed by atoms with van der Waals surface area (Å²) in [5.41, 5.74) is 4.57. The van der Waals surface area contributed by atoms with Crippen LogP contribution in [-0.4, -0.2) is 74.3 Å². The first-order valence-corrected chi connectivity index (χ1v) is 14.8. The maximum Gasteiger partial charge on any atom is 0.290 e. The summed E-state index contributed by atoms with van der Waals surface area (Å²) in [5.74, 6) is 0.813. The lowest BCUT2D eigenvalue weighted by Gasteiger charge is -2.49. The molecule has 2 unspecified atom stereocenters. The molecule has 3 saturated heterocycles. The maximum absolute atomic E-state index is 13.2. The van der Waals surface area contributed by atoms with Crippen LogP contribution in [0.5, 0.6) is 0 Å². The molecule has 11 nitrogen and oxygen atoms in total. The van der Waals surface area contributed by atoms with E-state index in [9.17, 15) is 13.2 Å². The third kappa shape index (κ3) is 4.18. The number of carboxylic acid groups (broad SMARTS) is 1. The summed E-state index contributed by atoms with van der Waals surface area (Å²) < 4.78 is 27.1. The zero-order valence-corrected chi connectivity index (χ0v) is 22.5. The van der Waals surface area contributed by atoms with E-state index >= 15 is 0 Å². The first kappa shape index (κ1) is 25.5. The average Bonchev–Trinajstić information content (AvgIpc) is 3.10. The van der Waals surface area contributed by atoms with Crippen molar-refractivity contribution in [3.63, 3.8) is 0 Å². The number of fused-ring (bicyclic) bond motifs is 6. The van der Waals surface area contributed by atoms with Crippen molar-refractivity contribution in [1.82, 2.24) is 15.3 Å². The first-order chi connectivity index (χ1) is 18.6. The summed E-state index contributed by atoms with van der Waals surface area (Å²) in [6.07, 6.45) is 8.70. The van der Waals surface area contributed by atoms with Gasteiger partial charge in [-0.2, -0.15) is 0 Å². The molecule has 6 heterocycles. The minimum Gasteiger partial charge on any atom is -0.483 e. The van der Waals surface area contributed by atoms with Gasteiger partial charge in [0.15, 0.2) is 5.82 Å². The molecular weight excluding hydrogens is 520 g/mol. The number of benzene rings is 1. The highest BCUT2D eigenvalue weighted by molar-refractivity contribution is 7.92. The van der Waals surface area contributed by atoms with Crippen molar-refractivity contribution in [2.24, 2.45) is 0 Å². The predicted molar refractivity (Wildman–Crippen MR) is 149 cm³/mol. The van der Waals surface area contributed by atoms with Crippen LogP contribution in [0.25, 0.3) is 22.0 Å². The molecule has 1 saturated carbocycles. The summed E-state index contributed by atoms with van der Waals surface area (Å²) >= 11 is 0. The Morgan fingerprint density at radius 1 is 1.13 bits per heavy atom. The van der Waals surface area contributed by atoms with Gasteiger partial charge in [0.1, 0.15) is 0 Å². The van der Waals surface area contributed by atoms with Gasteiger partial charge in [-0.25, -0.2) is 13.4 Å². The predicted octanol–water partition coefficient (Wildman–Crippen LogP) is 2.32. The fourth-order valence-corrected chi connectivity index (χ4v) is 7.03. The molecule has 0 radical (unpaired) electrons. The Labute approximate surface area is 226 Å². The molecule has 1 aliphatic carbocycles. The minimum atomic E-state index is -3.49. The lowest BCUT2D eigenvalue weighted by molar-refractivity contribution is -0.125. The van der Waals surface area contributed by atoms with Crippen molar-refractivity contribution in [3.05, 3.63) is 42.2 Å². The van der Waals surface area contributed by atoms with Crippen LogP contribution in [0.15, 0.2) is 36.7 Å². The van der Waals surface area contributed by atoms with Gasteiger partial charge in [0.25, 0.3) is 6.47 Å². The van der Waals surface area contributed by atoms with Crippen molar-refractivity contribution in [1.29, 1.82) is 0 Å². The Kier molecular flexibility index (Phi) is 5.99. The number of carbonyl (C=O) groups excluding carboxylic acids is 1. The van der Waals surface area contributed by atoms with E-state index in [1.807, 2.05) is 37.6 Å². The number of pyridine rings is 2. The number of likely N-dealkylation sites (N-methyl/N-ethyl adjacent to an activating group) is 1. The number of sulfonamides is 1. The second-order valence-corrected chi connectivity index (χ2v) is 12.6. The summed E-state index contributed by atoms with van der Waals surface area (Å²) in [7, 11) is -1.66. The minimum absolute atomic E-state index is 0.156. The molecule has 1 aromatic carbocycles. The normalized spacial score (nSPS) is 22.5. The van der Waals surface area contributed by atoms with Crippen LogP contribution < -0.4 is 19.8 Å². The molecular formula is C27H30N6O5S. The maximum atomic E-state index is 13.2. The molecule has 8 rings (SSSR count). The van der Waals surface area contributed by atoms with Gasteiger partial charge in [-0.3, -0.25) is 19.3 Å². The van der Waals surface area contributed by atoms with E-state index in [0.717, 1.165) is 78.3 Å². The van der Waals surface area contributed by atoms with Crippen molar-refractivity contribution in [2.45, 2.75) is 43.2 Å². The van der Waals surface area contributed by atoms with E-state index in [1.54, 1.807) is 4.90 Å². The second kappa shape index (κ2) is 9.16. The van der Waals surface area contributed by atoms with E-state index < -0.39 is 15.4 Å². The molecule has 204 valence electrons. The van der Waals surface area contributed by atoms with Crippen LogP contribution in [0.4, 0.5) is 17.2 Å². The molecule has 2 bridgehead atoms. The molecule has 2 atom stereocenters. The van der Waals surface area contributed by atoms with Crippen LogP contribution in [0, 0.1) is 0 Å². The van der Waals surface area contributed by atoms with Crippen LogP contribution in [0.1, 0.15) is 31.2 Å². The zero-order valence-electron chi connectivity index (χ0n) is 21.7. The number of anilines is 3. The Morgan fingerprint density at radius 2 is 1.82 bits per heavy atom. The third-order valence-electron chi connectivity index (χ3n) is 8.33.